The molecule has 2 saturated heterocycles. The fraction of sp³-hybridized carbons (Fsp3) is 0.578. The molecule has 4 aliphatic heterocycles. The first-order valence-corrected chi connectivity index (χ1v) is 23.8. The lowest BCUT2D eigenvalue weighted by Crippen LogP contribution is -2.57. The van der Waals surface area contributed by atoms with Crippen molar-refractivity contribution in [1.29, 1.82) is 0 Å². The predicted molar refractivity (Wildman–Crippen MR) is 234 cm³/mol. The Labute approximate surface area is 364 Å². The SMILES string of the molecule is CO[C@H]1/C=C/[C@H](OC)CCS(=O)(NC(=O)c2cnn(C)c2CN2CCN3CCOC[C@@H]3C2)=NC(=O)c2ccc3c(c2)N(C[C@@H]2CC[C@H]21)C[C@@]1(CCCc2cc(Cl)ccc21)CO3. The van der Waals surface area contributed by atoms with E-state index in [9.17, 15) is 9.59 Å². The van der Waals surface area contributed by atoms with Crippen molar-refractivity contribution in [1.82, 2.24) is 24.3 Å². The highest BCUT2D eigenvalue weighted by Crippen LogP contribution is 2.47. The summed E-state index contributed by atoms with van der Waals surface area (Å²) >= 11 is 6.50. The highest BCUT2D eigenvalue weighted by Gasteiger charge is 2.44. The van der Waals surface area contributed by atoms with E-state index in [4.69, 9.17) is 30.5 Å². The van der Waals surface area contributed by atoms with Crippen LogP contribution in [0.4, 0.5) is 5.69 Å². The molecule has 7 atom stereocenters. The number of hydrogen-bond donors (Lipinski definition) is 1. The predicted octanol–water partition coefficient (Wildman–Crippen LogP) is 5.03. The van der Waals surface area contributed by atoms with Gasteiger partial charge in [0.15, 0.2) is 0 Å². The van der Waals surface area contributed by atoms with Gasteiger partial charge in [0.25, 0.3) is 11.8 Å². The molecule has 2 bridgehead atoms. The molecule has 2 aliphatic carbocycles. The first-order chi connectivity index (χ1) is 29.5. The first kappa shape index (κ1) is 42.5. The molecule has 9 rings (SSSR count). The van der Waals surface area contributed by atoms with Crippen molar-refractivity contribution in [2.75, 3.05) is 84.0 Å². The normalized spacial score (nSPS) is 31.4. The number of benzene rings is 2. The Hall–Kier alpha value is -3.83. The van der Waals surface area contributed by atoms with Crippen LogP contribution in [0.3, 0.4) is 0 Å². The number of amides is 2. The molecule has 3 fully saturated rings. The third kappa shape index (κ3) is 8.76. The van der Waals surface area contributed by atoms with Gasteiger partial charge in [0.1, 0.15) is 15.7 Å². The van der Waals surface area contributed by atoms with Crippen molar-refractivity contribution < 1.29 is 32.7 Å². The van der Waals surface area contributed by atoms with Gasteiger partial charge in [0, 0.05) is 89.1 Å². The van der Waals surface area contributed by atoms with E-state index in [0.717, 1.165) is 82.1 Å². The van der Waals surface area contributed by atoms with E-state index in [0.29, 0.717) is 55.3 Å². The van der Waals surface area contributed by atoms with Crippen molar-refractivity contribution in [3.63, 3.8) is 0 Å². The number of carbonyl (C=O) groups excluding carboxylic acids is 2. The van der Waals surface area contributed by atoms with Crippen LogP contribution in [0.5, 0.6) is 5.75 Å². The average Bonchev–Trinajstić information content (AvgIpc) is 3.54. The van der Waals surface area contributed by atoms with E-state index in [2.05, 4.69) is 47.1 Å². The van der Waals surface area contributed by atoms with E-state index >= 15 is 4.21 Å². The van der Waals surface area contributed by atoms with E-state index < -0.39 is 27.8 Å². The Morgan fingerprint density at radius 1 is 1.07 bits per heavy atom. The number of methoxy groups -OCH3 is 2. The van der Waals surface area contributed by atoms with Crippen LogP contribution in [-0.2, 0) is 49.6 Å². The third-order valence-electron chi connectivity index (χ3n) is 14.1. The van der Waals surface area contributed by atoms with Gasteiger partial charge >= 0.3 is 0 Å². The minimum atomic E-state index is -3.69. The minimum absolute atomic E-state index is 0.123. The number of carbonyl (C=O) groups is 2. The number of halogens is 1. The summed E-state index contributed by atoms with van der Waals surface area (Å²) in [6.07, 6.45) is 10.1. The highest BCUT2D eigenvalue weighted by atomic mass is 35.5. The van der Waals surface area contributed by atoms with Crippen LogP contribution >= 0.6 is 11.6 Å². The standard InChI is InChI=1S/C45H58ClN7O7S/c1-50-40(26-51-16-17-52-18-19-59-27-34(52)25-51)37(23-47-50)44(55)49-61(56)20-14-35(57-2)9-13-41(58-3)36-10-6-32(36)24-53-28-45(15-4-5-30-21-33(46)8-11-38(30)45)29-60-42-12-7-31(22-39(42)53)43(54)48-61/h7-9,11-13,21-23,32,34-36,41H,4-6,10,14-20,24-29H2,1-3H3,(H,48,49,54,55,56)/b13-9+/t32-,34-,35-,36+,41-,45-,61?/m0/s1. The molecule has 2 amide bonds. The maximum Gasteiger partial charge on any atom is 0.286 e. The van der Waals surface area contributed by atoms with Gasteiger partial charge in [0.05, 0.1) is 60.9 Å². The number of nitrogens with one attached hydrogen (secondary N) is 1. The summed E-state index contributed by atoms with van der Waals surface area (Å²) in [5.41, 5.74) is 4.28. The molecule has 5 heterocycles. The number of hydrogen-bond acceptors (Lipinski definition) is 11. The zero-order valence-electron chi connectivity index (χ0n) is 35.4. The molecular weight excluding hydrogens is 818 g/mol. The van der Waals surface area contributed by atoms with Gasteiger partial charge in [0.2, 0.25) is 0 Å². The summed E-state index contributed by atoms with van der Waals surface area (Å²) in [5, 5.41) is 5.16. The number of aryl methyl sites for hydroxylation is 2. The number of anilines is 1. The Balaban J connectivity index is 1.05. The van der Waals surface area contributed by atoms with Gasteiger partial charge in [-0.15, -0.1) is 4.36 Å². The molecule has 1 aromatic heterocycles. The molecule has 6 aliphatic rings. The zero-order chi connectivity index (χ0) is 42.3. The van der Waals surface area contributed by atoms with E-state index in [1.807, 2.05) is 24.3 Å². The second-order valence-corrected chi connectivity index (χ2v) is 20.2. The smallest absolute Gasteiger partial charge is 0.286 e. The van der Waals surface area contributed by atoms with Crippen molar-refractivity contribution in [3.05, 3.63) is 87.7 Å². The summed E-state index contributed by atoms with van der Waals surface area (Å²) in [7, 11) is 1.46. The third-order valence-corrected chi connectivity index (χ3v) is 16.1. The Morgan fingerprint density at radius 3 is 2.77 bits per heavy atom. The van der Waals surface area contributed by atoms with Crippen LogP contribution < -0.4 is 14.4 Å². The van der Waals surface area contributed by atoms with Crippen LogP contribution in [0.1, 0.15) is 69.6 Å². The quantitative estimate of drug-likeness (QED) is 0.334. The largest absolute Gasteiger partial charge is 0.490 e. The van der Waals surface area contributed by atoms with Gasteiger partial charge in [-0.05, 0) is 91.8 Å². The van der Waals surface area contributed by atoms with Crippen LogP contribution in [0, 0.1) is 11.8 Å². The number of morpholine rings is 1. The highest BCUT2D eigenvalue weighted by molar-refractivity contribution is 7.92. The molecule has 14 nitrogen and oxygen atoms in total. The number of rotatable bonds is 6. The summed E-state index contributed by atoms with van der Waals surface area (Å²) in [6.45, 7) is 7.31. The lowest BCUT2D eigenvalue weighted by atomic mass is 9.68. The fourth-order valence-electron chi connectivity index (χ4n) is 10.5. The van der Waals surface area contributed by atoms with Crippen LogP contribution in [-0.4, -0.2) is 133 Å². The van der Waals surface area contributed by atoms with Crippen molar-refractivity contribution in [2.45, 2.75) is 68.7 Å². The molecule has 1 saturated carbocycles. The Bertz CT molecular complexity index is 2300. The van der Waals surface area contributed by atoms with E-state index in [1.54, 1.807) is 32.0 Å². The second-order valence-electron chi connectivity index (χ2n) is 17.7. The van der Waals surface area contributed by atoms with Gasteiger partial charge in [-0.2, -0.15) is 5.10 Å². The molecular formula is C45H58ClN7O7S. The molecule has 61 heavy (non-hydrogen) atoms. The molecule has 1 spiro atoms. The number of fused-ring (bicyclic) bond motifs is 5. The van der Waals surface area contributed by atoms with Gasteiger partial charge in [-0.1, -0.05) is 29.8 Å². The molecule has 16 heteroatoms. The van der Waals surface area contributed by atoms with Crippen LogP contribution in [0.15, 0.2) is 59.1 Å². The fourth-order valence-corrected chi connectivity index (χ4v) is 12.3. The number of nitrogens with zero attached hydrogens (tertiary/aromatic N) is 6. The van der Waals surface area contributed by atoms with Gasteiger partial charge < -0.3 is 23.8 Å². The summed E-state index contributed by atoms with van der Waals surface area (Å²) in [4.78, 5) is 35.7. The lowest BCUT2D eigenvalue weighted by Gasteiger charge is -2.46. The summed E-state index contributed by atoms with van der Waals surface area (Å²) in [5.74, 6) is -0.109. The second kappa shape index (κ2) is 17.7. The van der Waals surface area contributed by atoms with Crippen LogP contribution in [0.2, 0.25) is 5.02 Å². The van der Waals surface area contributed by atoms with E-state index in [1.165, 1.54) is 17.3 Å². The minimum Gasteiger partial charge on any atom is -0.490 e. The topological polar surface area (TPSA) is 140 Å². The molecule has 2 aromatic carbocycles. The van der Waals surface area contributed by atoms with E-state index in [-0.39, 0.29) is 35.2 Å². The maximum atomic E-state index is 15.0. The molecule has 1 unspecified atom stereocenters. The van der Waals surface area contributed by atoms with Gasteiger partial charge in [-0.3, -0.25) is 28.8 Å². The average molecular weight is 877 g/mol. The van der Waals surface area contributed by atoms with Crippen molar-refractivity contribution in [2.24, 2.45) is 23.2 Å². The number of aromatic nitrogens is 2. The Kier molecular flexibility index (Phi) is 12.4. The molecule has 328 valence electrons. The molecule has 3 aromatic rings. The van der Waals surface area contributed by atoms with Crippen LogP contribution in [0.25, 0.3) is 0 Å². The monoisotopic (exact) mass is 875 g/mol. The van der Waals surface area contributed by atoms with Gasteiger partial charge in [-0.25, -0.2) is 4.21 Å². The first-order valence-electron chi connectivity index (χ1n) is 21.7. The summed E-state index contributed by atoms with van der Waals surface area (Å²) < 4.78 is 48.3. The number of piperazine rings is 1. The van der Waals surface area contributed by atoms with Crippen molar-refractivity contribution >= 4 is 39.0 Å². The molecule has 1 N–H and O–H groups in total. The Morgan fingerprint density at radius 2 is 1.95 bits per heavy atom. The summed E-state index contributed by atoms with van der Waals surface area (Å²) in [6, 6.07) is 11.9. The maximum absolute atomic E-state index is 15.0. The molecule has 0 radical (unpaired) electrons. The lowest BCUT2D eigenvalue weighted by molar-refractivity contribution is -0.0465. The zero-order valence-corrected chi connectivity index (χ0v) is 37.0. The number of ether oxygens (including phenoxy) is 4. The van der Waals surface area contributed by atoms with Crippen molar-refractivity contribution in [3.8, 4) is 5.75 Å².